The van der Waals surface area contributed by atoms with E-state index in [0.717, 1.165) is 5.92 Å². The van der Waals surface area contributed by atoms with Crippen molar-refractivity contribution in [2.45, 2.75) is 25.1 Å². The summed E-state index contributed by atoms with van der Waals surface area (Å²) in [5, 5.41) is 0.369. The lowest BCUT2D eigenvalue weighted by atomic mass is 9.94. The van der Waals surface area contributed by atoms with Crippen molar-refractivity contribution in [1.29, 1.82) is 0 Å². The second-order valence-corrected chi connectivity index (χ2v) is 4.01. The van der Waals surface area contributed by atoms with Gasteiger partial charge in [0.05, 0.1) is 0 Å². The average Bonchev–Trinajstić information content (AvgIpc) is 1.88. The molecule has 1 nitrogen and oxygen atoms in total. The van der Waals surface area contributed by atoms with Crippen LogP contribution in [0.5, 0.6) is 0 Å². The van der Waals surface area contributed by atoms with E-state index in [4.69, 9.17) is 11.6 Å². The Kier molecular flexibility index (Phi) is 5.49. The Hall–Kier alpha value is 0.540. The summed E-state index contributed by atoms with van der Waals surface area (Å²) in [5.74, 6) is 0.762. The largest absolute Gasteiger partial charge is 0.306 e. The van der Waals surface area contributed by atoms with E-state index in [0.29, 0.717) is 5.38 Å². The van der Waals surface area contributed by atoms with Gasteiger partial charge in [0.1, 0.15) is 0 Å². The van der Waals surface area contributed by atoms with Gasteiger partial charge in [-0.25, -0.2) is 0 Å². The maximum Gasteiger partial charge on any atom is 0.0337 e. The molecule has 1 aliphatic rings. The molecular weight excluding hydrogens is 181 g/mol. The van der Waals surface area contributed by atoms with Crippen molar-refractivity contribution in [2.24, 2.45) is 5.92 Å². The molecule has 0 amide bonds. The van der Waals surface area contributed by atoms with Gasteiger partial charge in [-0.2, -0.15) is 0 Å². The number of hydrogen-bond donors (Lipinski definition) is 0. The highest BCUT2D eigenvalue weighted by molar-refractivity contribution is 6.20. The fraction of sp³-hybridized carbons (Fsp3) is 1.00. The predicted molar refractivity (Wildman–Crippen MR) is 52.8 cm³/mol. The first-order valence-electron chi connectivity index (χ1n) is 4.03. The highest BCUT2D eigenvalue weighted by Gasteiger charge is 2.19. The van der Waals surface area contributed by atoms with Crippen LogP contribution in [0.1, 0.15) is 19.8 Å². The standard InChI is InChI=1S/C8H16ClN.ClH/c1-7(9)8-3-5-10(2)6-4-8;/h7-8H,3-6H2,1-2H3;1H. The van der Waals surface area contributed by atoms with Crippen LogP contribution in [0.4, 0.5) is 0 Å². The summed E-state index contributed by atoms with van der Waals surface area (Å²) in [6, 6.07) is 0. The zero-order valence-electron chi connectivity index (χ0n) is 7.22. The Bertz CT molecular complexity index is 98.3. The van der Waals surface area contributed by atoms with E-state index in [-0.39, 0.29) is 12.4 Å². The molecule has 1 fully saturated rings. The molecule has 0 aromatic heterocycles. The molecule has 1 aliphatic heterocycles. The van der Waals surface area contributed by atoms with Crippen LogP contribution < -0.4 is 0 Å². The Balaban J connectivity index is 0.000001000. The van der Waals surface area contributed by atoms with Crippen LogP contribution >= 0.6 is 24.0 Å². The molecule has 1 saturated heterocycles. The van der Waals surface area contributed by atoms with Crippen molar-refractivity contribution in [2.75, 3.05) is 20.1 Å². The summed E-state index contributed by atoms with van der Waals surface area (Å²) in [4.78, 5) is 2.37. The Morgan fingerprint density at radius 3 is 2.18 bits per heavy atom. The van der Waals surface area contributed by atoms with E-state index >= 15 is 0 Å². The lowest BCUT2D eigenvalue weighted by Gasteiger charge is -2.30. The molecule has 0 aromatic rings. The van der Waals surface area contributed by atoms with Crippen molar-refractivity contribution < 1.29 is 0 Å². The van der Waals surface area contributed by atoms with E-state index in [9.17, 15) is 0 Å². The van der Waals surface area contributed by atoms with Crippen LogP contribution in [0.15, 0.2) is 0 Å². The van der Waals surface area contributed by atoms with E-state index in [1.54, 1.807) is 0 Å². The summed E-state index contributed by atoms with van der Waals surface area (Å²) in [7, 11) is 2.18. The van der Waals surface area contributed by atoms with Gasteiger partial charge in [0, 0.05) is 5.38 Å². The monoisotopic (exact) mass is 197 g/mol. The van der Waals surface area contributed by atoms with E-state index < -0.39 is 0 Å². The number of likely N-dealkylation sites (tertiary alicyclic amines) is 1. The first kappa shape index (κ1) is 11.5. The summed E-state index contributed by atoms with van der Waals surface area (Å²) in [5.41, 5.74) is 0. The predicted octanol–water partition coefficient (Wildman–Crippen LogP) is 2.38. The Morgan fingerprint density at radius 1 is 1.36 bits per heavy atom. The summed E-state index contributed by atoms with van der Waals surface area (Å²) in [6.07, 6.45) is 2.56. The molecule has 1 heterocycles. The van der Waals surface area contributed by atoms with Crippen LogP contribution in [0.2, 0.25) is 0 Å². The molecule has 68 valence electrons. The number of halogens is 2. The first-order chi connectivity index (χ1) is 4.70. The highest BCUT2D eigenvalue weighted by atomic mass is 35.5. The van der Waals surface area contributed by atoms with Gasteiger partial charge in [0.15, 0.2) is 0 Å². The molecule has 3 heteroatoms. The fourth-order valence-electron chi connectivity index (χ4n) is 1.49. The highest BCUT2D eigenvalue weighted by Crippen LogP contribution is 2.22. The molecule has 0 bridgehead atoms. The molecule has 0 spiro atoms. The number of rotatable bonds is 1. The van der Waals surface area contributed by atoms with Crippen molar-refractivity contribution in [3.63, 3.8) is 0 Å². The third-order valence-corrected chi connectivity index (χ3v) is 2.77. The fourth-order valence-corrected chi connectivity index (χ4v) is 1.74. The van der Waals surface area contributed by atoms with Gasteiger partial charge >= 0.3 is 0 Å². The van der Waals surface area contributed by atoms with Gasteiger partial charge < -0.3 is 4.90 Å². The zero-order valence-corrected chi connectivity index (χ0v) is 8.79. The van der Waals surface area contributed by atoms with E-state index in [1.807, 2.05) is 0 Å². The normalized spacial score (nSPS) is 24.3. The van der Waals surface area contributed by atoms with Crippen molar-refractivity contribution in [1.82, 2.24) is 4.90 Å². The van der Waals surface area contributed by atoms with Crippen LogP contribution in [-0.4, -0.2) is 30.4 Å². The van der Waals surface area contributed by atoms with Crippen molar-refractivity contribution in [3.05, 3.63) is 0 Å². The van der Waals surface area contributed by atoms with Gasteiger partial charge in [-0.3, -0.25) is 0 Å². The molecule has 0 radical (unpaired) electrons. The minimum Gasteiger partial charge on any atom is -0.306 e. The maximum atomic E-state index is 5.99. The number of hydrogen-bond acceptors (Lipinski definition) is 1. The quantitative estimate of drug-likeness (QED) is 0.584. The molecule has 11 heavy (non-hydrogen) atoms. The van der Waals surface area contributed by atoms with Crippen molar-refractivity contribution >= 4 is 24.0 Å². The maximum absolute atomic E-state index is 5.99. The summed E-state index contributed by atoms with van der Waals surface area (Å²) >= 11 is 5.99. The van der Waals surface area contributed by atoms with Gasteiger partial charge in [0.25, 0.3) is 0 Å². The first-order valence-corrected chi connectivity index (χ1v) is 4.46. The van der Waals surface area contributed by atoms with Crippen LogP contribution in [0.25, 0.3) is 0 Å². The molecule has 1 atom stereocenters. The Labute approximate surface area is 80.5 Å². The van der Waals surface area contributed by atoms with Crippen LogP contribution in [-0.2, 0) is 0 Å². The van der Waals surface area contributed by atoms with Crippen LogP contribution in [0.3, 0.4) is 0 Å². The SMILES string of the molecule is CC(Cl)C1CCN(C)CC1.Cl. The molecule has 0 saturated carbocycles. The molecule has 0 aliphatic carbocycles. The van der Waals surface area contributed by atoms with Crippen LogP contribution in [0, 0.1) is 5.92 Å². The molecule has 0 N–H and O–H groups in total. The van der Waals surface area contributed by atoms with Gasteiger partial charge in [-0.15, -0.1) is 24.0 Å². The topological polar surface area (TPSA) is 3.24 Å². The molecule has 0 aromatic carbocycles. The van der Waals surface area contributed by atoms with Gasteiger partial charge in [0.2, 0.25) is 0 Å². The zero-order chi connectivity index (χ0) is 7.56. The number of alkyl halides is 1. The third-order valence-electron chi connectivity index (χ3n) is 2.41. The molecule has 1 rings (SSSR count). The average molecular weight is 198 g/mol. The van der Waals surface area contributed by atoms with E-state index in [1.165, 1.54) is 25.9 Å². The minimum absolute atomic E-state index is 0. The van der Waals surface area contributed by atoms with Gasteiger partial charge in [-0.1, -0.05) is 0 Å². The minimum atomic E-state index is 0. The number of nitrogens with zero attached hydrogens (tertiary/aromatic N) is 1. The second kappa shape index (κ2) is 5.23. The number of piperidine rings is 1. The lowest BCUT2D eigenvalue weighted by Crippen LogP contribution is -2.32. The third kappa shape index (κ3) is 3.64. The van der Waals surface area contributed by atoms with Gasteiger partial charge in [-0.05, 0) is 45.8 Å². The van der Waals surface area contributed by atoms with E-state index in [2.05, 4.69) is 18.9 Å². The summed E-state index contributed by atoms with van der Waals surface area (Å²) < 4.78 is 0. The second-order valence-electron chi connectivity index (χ2n) is 3.32. The molecule has 1 unspecified atom stereocenters. The lowest BCUT2D eigenvalue weighted by molar-refractivity contribution is 0.218. The Morgan fingerprint density at radius 2 is 1.82 bits per heavy atom. The molecular formula is C8H17Cl2N. The van der Waals surface area contributed by atoms with Crippen molar-refractivity contribution in [3.8, 4) is 0 Å². The smallest absolute Gasteiger partial charge is 0.0337 e. The summed E-state index contributed by atoms with van der Waals surface area (Å²) in [6.45, 7) is 4.56.